The second kappa shape index (κ2) is 6.09. The fourth-order valence-electron chi connectivity index (χ4n) is 1.99. The molecule has 0 aromatic heterocycles. The Balaban J connectivity index is 1.83. The first-order chi connectivity index (χ1) is 11.1. The van der Waals surface area contributed by atoms with Gasteiger partial charge in [0.25, 0.3) is 11.8 Å². The molecule has 2 N–H and O–H groups in total. The van der Waals surface area contributed by atoms with Gasteiger partial charge in [0.1, 0.15) is 11.3 Å². The van der Waals surface area contributed by atoms with E-state index < -0.39 is 11.8 Å². The number of phenolic OH excluding ortho intramolecular Hbond substituents is 1. The number of para-hydroxylation sites is 1. The summed E-state index contributed by atoms with van der Waals surface area (Å²) in [7, 11) is 0. The molecule has 0 saturated heterocycles. The first-order valence-electron chi connectivity index (χ1n) is 6.75. The van der Waals surface area contributed by atoms with E-state index in [1.165, 1.54) is 24.3 Å². The summed E-state index contributed by atoms with van der Waals surface area (Å²) in [5, 5.41) is 14.2. The Morgan fingerprint density at radius 1 is 1.13 bits per heavy atom. The van der Waals surface area contributed by atoms with Crippen molar-refractivity contribution >= 4 is 23.8 Å². The maximum atomic E-state index is 11.8. The average Bonchev–Trinajstić information content (AvgIpc) is 2.56. The highest BCUT2D eigenvalue weighted by Crippen LogP contribution is 2.09. The predicted molar refractivity (Wildman–Crippen MR) is 83.2 cm³/mol. The molecule has 2 aromatic rings. The molecule has 0 unspecified atom stereocenters. The van der Waals surface area contributed by atoms with Gasteiger partial charge in [0.2, 0.25) is 0 Å². The van der Waals surface area contributed by atoms with Crippen LogP contribution in [-0.4, -0.2) is 22.8 Å². The van der Waals surface area contributed by atoms with Crippen molar-refractivity contribution in [3.63, 3.8) is 0 Å². The van der Waals surface area contributed by atoms with Crippen molar-refractivity contribution in [1.29, 1.82) is 0 Å². The molecule has 0 saturated carbocycles. The highest BCUT2D eigenvalue weighted by molar-refractivity contribution is 6.10. The maximum Gasteiger partial charge on any atom is 0.287 e. The molecule has 1 aliphatic rings. The van der Waals surface area contributed by atoms with Crippen LogP contribution in [0.4, 0.5) is 0 Å². The summed E-state index contributed by atoms with van der Waals surface area (Å²) in [5.41, 5.74) is 2.76. The van der Waals surface area contributed by atoms with E-state index in [0.717, 1.165) is 5.22 Å². The Hall–Kier alpha value is -3.50. The van der Waals surface area contributed by atoms with Gasteiger partial charge in [-0.15, -0.1) is 5.10 Å². The number of nitrogens with zero attached hydrogens (tertiary/aromatic N) is 2. The van der Waals surface area contributed by atoms with E-state index in [9.17, 15) is 14.7 Å². The average molecular weight is 305 g/mol. The van der Waals surface area contributed by atoms with Crippen molar-refractivity contribution in [1.82, 2.24) is 5.43 Å². The van der Waals surface area contributed by atoms with E-state index in [0.29, 0.717) is 10.9 Å². The minimum absolute atomic E-state index is 0.0647. The van der Waals surface area contributed by atoms with Gasteiger partial charge < -0.3 is 5.11 Å². The highest BCUT2D eigenvalue weighted by atomic mass is 16.3. The number of nitrogens with one attached hydrogen (secondary N) is 1. The number of fused-ring (bicyclic) bond motifs is 1. The molecule has 2 amide bonds. The summed E-state index contributed by atoms with van der Waals surface area (Å²) in [4.78, 5) is 27.6. The van der Waals surface area contributed by atoms with Crippen LogP contribution in [-0.2, 0) is 4.79 Å². The van der Waals surface area contributed by atoms with Gasteiger partial charge >= 0.3 is 0 Å². The standard InChI is InChI=1S/C17H11N3O3/c21-14-7-5-11(6-8-14)17(23)20-18-10-13-9-12-3-1-2-4-15(12)19-16(13)22/h1-9,21H,(H,20,23). The van der Waals surface area contributed by atoms with Gasteiger partial charge in [0.15, 0.2) is 0 Å². The number of carbonyl (C=O) groups excluding carboxylic acids is 2. The molecule has 1 heterocycles. The smallest absolute Gasteiger partial charge is 0.287 e. The molecule has 6 nitrogen and oxygen atoms in total. The van der Waals surface area contributed by atoms with Gasteiger partial charge in [0, 0.05) is 16.7 Å². The molecule has 3 rings (SSSR count). The van der Waals surface area contributed by atoms with Gasteiger partial charge in [-0.1, -0.05) is 18.2 Å². The monoisotopic (exact) mass is 305 g/mol. The SMILES string of the molecule is O=C1N=c2ccccc2=CC1=C=NNC(=O)c1ccc(O)cc1. The van der Waals surface area contributed by atoms with Crippen LogP contribution in [0.5, 0.6) is 5.75 Å². The largest absolute Gasteiger partial charge is 0.508 e. The lowest BCUT2D eigenvalue weighted by Crippen LogP contribution is -2.30. The number of amides is 2. The summed E-state index contributed by atoms with van der Waals surface area (Å²) < 4.78 is 0. The van der Waals surface area contributed by atoms with Crippen molar-refractivity contribution in [3.8, 4) is 5.75 Å². The molecule has 0 bridgehead atoms. The van der Waals surface area contributed by atoms with E-state index in [2.05, 4.69) is 21.4 Å². The Morgan fingerprint density at radius 2 is 1.87 bits per heavy atom. The summed E-state index contributed by atoms with van der Waals surface area (Å²) in [5.74, 6) is 1.61. The van der Waals surface area contributed by atoms with E-state index in [1.807, 2.05) is 12.1 Å². The zero-order chi connectivity index (χ0) is 16.2. The molecule has 112 valence electrons. The van der Waals surface area contributed by atoms with Crippen molar-refractivity contribution < 1.29 is 14.7 Å². The maximum absolute atomic E-state index is 11.8. The number of hydrogen-bond donors (Lipinski definition) is 2. The molecule has 0 radical (unpaired) electrons. The number of phenols is 1. The van der Waals surface area contributed by atoms with Crippen LogP contribution >= 0.6 is 0 Å². The second-order valence-corrected chi connectivity index (χ2v) is 4.75. The van der Waals surface area contributed by atoms with Crippen LogP contribution in [0.3, 0.4) is 0 Å². The second-order valence-electron chi connectivity index (χ2n) is 4.75. The number of hydrogen-bond acceptors (Lipinski definition) is 4. The van der Waals surface area contributed by atoms with Crippen LogP contribution < -0.4 is 16.0 Å². The van der Waals surface area contributed by atoms with Gasteiger partial charge in [-0.2, -0.15) is 0 Å². The van der Waals surface area contributed by atoms with E-state index >= 15 is 0 Å². The minimum Gasteiger partial charge on any atom is -0.508 e. The van der Waals surface area contributed by atoms with Gasteiger partial charge in [-0.3, -0.25) is 9.59 Å². The molecule has 0 fully saturated rings. The fraction of sp³-hybridized carbons (Fsp3) is 0. The fourth-order valence-corrected chi connectivity index (χ4v) is 1.99. The van der Waals surface area contributed by atoms with Crippen LogP contribution in [0, 0.1) is 0 Å². The topological polar surface area (TPSA) is 91.1 Å². The Bertz CT molecular complexity index is 969. The van der Waals surface area contributed by atoms with Crippen molar-refractivity contribution in [2.24, 2.45) is 10.1 Å². The van der Waals surface area contributed by atoms with Gasteiger partial charge in [0.05, 0.1) is 5.36 Å². The number of rotatable bonds is 2. The van der Waals surface area contributed by atoms with Crippen LogP contribution in [0.2, 0.25) is 0 Å². The van der Waals surface area contributed by atoms with Crippen molar-refractivity contribution in [2.75, 3.05) is 0 Å². The van der Waals surface area contributed by atoms with Gasteiger partial charge in [-0.25, -0.2) is 10.4 Å². The van der Waals surface area contributed by atoms with Crippen molar-refractivity contribution in [2.45, 2.75) is 0 Å². The molecule has 23 heavy (non-hydrogen) atoms. The number of hydrazone groups is 1. The Labute approximate surface area is 130 Å². The predicted octanol–water partition coefficient (Wildman–Crippen LogP) is 0.274. The molecule has 6 heteroatoms. The van der Waals surface area contributed by atoms with Gasteiger partial charge in [-0.05, 0) is 36.4 Å². The Morgan fingerprint density at radius 3 is 2.65 bits per heavy atom. The lowest BCUT2D eigenvalue weighted by atomic mass is 10.1. The first kappa shape index (κ1) is 14.4. The molecule has 0 aliphatic carbocycles. The molecule has 1 aliphatic heterocycles. The summed E-state index contributed by atoms with van der Waals surface area (Å²) in [6.07, 6.45) is 1.61. The summed E-state index contributed by atoms with van der Waals surface area (Å²) in [6.45, 7) is 0. The summed E-state index contributed by atoms with van der Waals surface area (Å²) in [6, 6.07) is 12.9. The minimum atomic E-state index is -0.473. The molecular formula is C17H11N3O3. The van der Waals surface area contributed by atoms with E-state index in [-0.39, 0.29) is 11.3 Å². The molecular weight excluding hydrogens is 294 g/mol. The zero-order valence-corrected chi connectivity index (χ0v) is 11.9. The number of aromatic hydroxyl groups is 1. The molecule has 0 atom stereocenters. The lowest BCUT2D eigenvalue weighted by Gasteiger charge is -2.00. The zero-order valence-electron chi connectivity index (χ0n) is 11.9. The number of benzene rings is 2. The first-order valence-corrected chi connectivity index (χ1v) is 6.75. The van der Waals surface area contributed by atoms with Crippen molar-refractivity contribution in [3.05, 3.63) is 70.2 Å². The third kappa shape index (κ3) is 3.23. The Kier molecular flexibility index (Phi) is 3.82. The lowest BCUT2D eigenvalue weighted by molar-refractivity contribution is -0.114. The number of carbonyl (C=O) groups is 2. The molecule has 2 aromatic carbocycles. The molecule has 0 spiro atoms. The summed E-state index contributed by atoms with van der Waals surface area (Å²) >= 11 is 0. The van der Waals surface area contributed by atoms with Crippen LogP contribution in [0.1, 0.15) is 10.4 Å². The van der Waals surface area contributed by atoms with E-state index in [4.69, 9.17) is 0 Å². The normalized spacial score (nSPS) is 12.3. The van der Waals surface area contributed by atoms with Crippen LogP contribution in [0.25, 0.3) is 6.08 Å². The highest BCUT2D eigenvalue weighted by Gasteiger charge is 2.09. The quantitative estimate of drug-likeness (QED) is 0.474. The van der Waals surface area contributed by atoms with E-state index in [1.54, 1.807) is 18.2 Å². The third-order valence-corrected chi connectivity index (χ3v) is 3.15. The van der Waals surface area contributed by atoms with Crippen LogP contribution in [0.15, 0.2) is 64.2 Å². The third-order valence-electron chi connectivity index (χ3n) is 3.15.